The Bertz CT molecular complexity index is 1040. The number of benzene rings is 1. The topological polar surface area (TPSA) is 126 Å². The van der Waals surface area contributed by atoms with E-state index in [2.05, 4.69) is 9.47 Å². The lowest BCUT2D eigenvalue weighted by Gasteiger charge is -2.08. The summed E-state index contributed by atoms with van der Waals surface area (Å²) in [7, 11) is 1.93. The summed E-state index contributed by atoms with van der Waals surface area (Å²) in [6.07, 6.45) is 0.760. The van der Waals surface area contributed by atoms with Gasteiger partial charge in [-0.3, -0.25) is 9.59 Å². The van der Waals surface area contributed by atoms with E-state index >= 15 is 0 Å². The van der Waals surface area contributed by atoms with Crippen LogP contribution in [0.2, 0.25) is 0 Å². The maximum atomic E-state index is 12.9. The Kier molecular flexibility index (Phi) is 6.43. The number of carbonyl (C=O) groups excluding carboxylic acids is 4. The lowest BCUT2D eigenvalue weighted by molar-refractivity contribution is -0.151. The molecule has 0 aliphatic rings. The highest BCUT2D eigenvalue weighted by atomic mass is 16.5. The molecule has 9 heteroatoms. The third kappa shape index (κ3) is 3.98. The molecule has 0 radical (unpaired) electrons. The van der Waals surface area contributed by atoms with E-state index in [0.29, 0.717) is 0 Å². The van der Waals surface area contributed by atoms with Gasteiger partial charge in [-0.2, -0.15) is 0 Å². The molecule has 1 heterocycles. The van der Waals surface area contributed by atoms with E-state index in [-0.39, 0.29) is 17.6 Å². The molecule has 0 saturated heterocycles. The van der Waals surface area contributed by atoms with Gasteiger partial charge in [0, 0.05) is 0 Å². The van der Waals surface area contributed by atoms with Gasteiger partial charge in [0.15, 0.2) is 0 Å². The van der Waals surface area contributed by atoms with Gasteiger partial charge in [0.05, 0.1) is 31.8 Å². The van der Waals surface area contributed by atoms with Crippen molar-refractivity contribution in [3.8, 4) is 0 Å². The molecule has 0 N–H and O–H groups in total. The van der Waals surface area contributed by atoms with Crippen molar-refractivity contribution in [2.24, 2.45) is 0 Å². The van der Waals surface area contributed by atoms with Crippen LogP contribution in [0, 0.1) is 0 Å². The summed E-state index contributed by atoms with van der Waals surface area (Å²) >= 11 is 0. The zero-order valence-electron chi connectivity index (χ0n) is 15.3. The van der Waals surface area contributed by atoms with Gasteiger partial charge >= 0.3 is 17.9 Å². The van der Waals surface area contributed by atoms with Crippen LogP contribution in [0.3, 0.4) is 0 Å². The third-order valence-electron chi connectivity index (χ3n) is 3.60. The number of hydrogen-bond donors (Lipinski definition) is 0. The normalized spacial score (nSPS) is 11.0. The fourth-order valence-electron chi connectivity index (χ4n) is 2.31. The molecule has 1 aromatic heterocycles. The van der Waals surface area contributed by atoms with Crippen LogP contribution in [0.25, 0.3) is 17.0 Å². The van der Waals surface area contributed by atoms with E-state index in [9.17, 15) is 24.0 Å². The number of fused-ring (bicyclic) bond motifs is 1. The monoisotopic (exact) mass is 388 g/mol. The van der Waals surface area contributed by atoms with Crippen molar-refractivity contribution in [2.45, 2.75) is 6.92 Å². The number of ketones is 1. The molecule has 0 aliphatic heterocycles. The van der Waals surface area contributed by atoms with Crippen LogP contribution < -0.4 is 5.43 Å². The molecule has 1 aromatic carbocycles. The number of esters is 3. The number of Topliss-reactive ketones (excluding diaryl/α,β-unsaturated/α-hetero) is 1. The standard InChI is InChI=1S/C19H16O9/c1-4-27-19(24)16-11(14(20)10-7-5-6-8-13(10)28-16)9-12(17(22)25-2)15(21)18(23)26-3/h5-9H,4H2,1-3H3/b12-9+. The van der Waals surface area contributed by atoms with Crippen molar-refractivity contribution in [3.63, 3.8) is 0 Å². The maximum Gasteiger partial charge on any atom is 0.379 e. The summed E-state index contributed by atoms with van der Waals surface area (Å²) in [6, 6.07) is 6.06. The van der Waals surface area contributed by atoms with E-state index in [4.69, 9.17) is 9.15 Å². The molecule has 0 aliphatic carbocycles. The largest absolute Gasteiger partial charge is 0.465 e. The fourth-order valence-corrected chi connectivity index (χ4v) is 2.31. The van der Waals surface area contributed by atoms with Crippen LogP contribution in [-0.4, -0.2) is 44.5 Å². The van der Waals surface area contributed by atoms with E-state index < -0.39 is 46.0 Å². The van der Waals surface area contributed by atoms with Crippen LogP contribution in [0.15, 0.2) is 39.1 Å². The minimum atomic E-state index is -1.35. The molecule has 28 heavy (non-hydrogen) atoms. The van der Waals surface area contributed by atoms with E-state index in [1.165, 1.54) is 12.1 Å². The lowest BCUT2D eigenvalue weighted by atomic mass is 10.0. The van der Waals surface area contributed by atoms with Gasteiger partial charge in [-0.15, -0.1) is 0 Å². The van der Waals surface area contributed by atoms with Crippen molar-refractivity contribution in [3.05, 3.63) is 51.4 Å². The fraction of sp³-hybridized carbons (Fsp3) is 0.211. The maximum absolute atomic E-state index is 12.9. The van der Waals surface area contributed by atoms with Gasteiger partial charge in [0.1, 0.15) is 11.2 Å². The smallest absolute Gasteiger partial charge is 0.379 e. The Morgan fingerprint density at radius 3 is 2.29 bits per heavy atom. The highest BCUT2D eigenvalue weighted by Gasteiger charge is 2.29. The molecule has 0 spiro atoms. The minimum absolute atomic E-state index is 0.0104. The van der Waals surface area contributed by atoms with E-state index in [0.717, 1.165) is 20.3 Å². The van der Waals surface area contributed by atoms with Crippen molar-refractivity contribution in [1.82, 2.24) is 0 Å². The summed E-state index contributed by atoms with van der Waals surface area (Å²) < 4.78 is 19.1. The number of methoxy groups -OCH3 is 2. The average Bonchev–Trinajstić information content (AvgIpc) is 2.71. The predicted octanol–water partition coefficient (Wildman–Crippen LogP) is 1.27. The van der Waals surface area contributed by atoms with Crippen molar-refractivity contribution in [1.29, 1.82) is 0 Å². The quantitative estimate of drug-likeness (QED) is 0.179. The van der Waals surface area contributed by atoms with Gasteiger partial charge in [-0.05, 0) is 25.1 Å². The summed E-state index contributed by atoms with van der Waals surface area (Å²) in [4.78, 5) is 60.9. The molecule has 0 atom stereocenters. The minimum Gasteiger partial charge on any atom is -0.465 e. The molecule has 2 rings (SSSR count). The molecule has 9 nitrogen and oxygen atoms in total. The van der Waals surface area contributed by atoms with E-state index in [1.807, 2.05) is 0 Å². The second-order valence-electron chi connectivity index (χ2n) is 5.26. The Labute approximate surface area is 158 Å². The van der Waals surface area contributed by atoms with Crippen LogP contribution in [0.1, 0.15) is 23.0 Å². The third-order valence-corrected chi connectivity index (χ3v) is 3.60. The first-order chi connectivity index (χ1) is 13.3. The molecule has 0 fully saturated rings. The Morgan fingerprint density at radius 2 is 1.68 bits per heavy atom. The predicted molar refractivity (Wildman–Crippen MR) is 95.5 cm³/mol. The molecule has 0 amide bonds. The number of hydrogen-bond acceptors (Lipinski definition) is 9. The Hall–Kier alpha value is -3.75. The number of carbonyl (C=O) groups is 4. The summed E-state index contributed by atoms with van der Waals surface area (Å²) in [5.41, 5.74) is -1.84. The van der Waals surface area contributed by atoms with Gasteiger partial charge in [-0.1, -0.05) is 12.1 Å². The summed E-state index contributed by atoms with van der Waals surface area (Å²) in [6.45, 7) is 1.54. The number of rotatable bonds is 6. The van der Waals surface area contributed by atoms with Gasteiger partial charge in [0.25, 0.3) is 5.78 Å². The second-order valence-corrected chi connectivity index (χ2v) is 5.26. The van der Waals surface area contributed by atoms with Crippen molar-refractivity contribution >= 4 is 40.7 Å². The molecular weight excluding hydrogens is 372 g/mol. The molecule has 0 saturated carbocycles. The van der Waals surface area contributed by atoms with Crippen LogP contribution in [0.4, 0.5) is 0 Å². The van der Waals surface area contributed by atoms with Crippen molar-refractivity contribution < 1.29 is 37.8 Å². The number of ether oxygens (including phenoxy) is 3. The van der Waals surface area contributed by atoms with Gasteiger partial charge in [-0.25, -0.2) is 14.4 Å². The SMILES string of the molecule is CCOC(=O)c1oc2ccccc2c(=O)c1/C=C(/C(=O)OC)C(=O)C(=O)OC. The highest BCUT2D eigenvalue weighted by Crippen LogP contribution is 2.19. The first kappa shape index (κ1) is 20.6. The first-order valence-corrected chi connectivity index (χ1v) is 8.01. The van der Waals surface area contributed by atoms with Crippen LogP contribution >= 0.6 is 0 Å². The summed E-state index contributed by atoms with van der Waals surface area (Å²) in [5.74, 6) is -5.40. The molecule has 146 valence electrons. The van der Waals surface area contributed by atoms with Gasteiger partial charge < -0.3 is 18.6 Å². The second kappa shape index (κ2) is 8.76. The van der Waals surface area contributed by atoms with Crippen LogP contribution in [-0.2, 0) is 28.6 Å². The average molecular weight is 388 g/mol. The Morgan fingerprint density at radius 1 is 1.04 bits per heavy atom. The zero-order valence-corrected chi connectivity index (χ0v) is 15.3. The number of para-hydroxylation sites is 1. The lowest BCUT2D eigenvalue weighted by Crippen LogP contribution is -2.24. The molecular formula is C19H16O9. The van der Waals surface area contributed by atoms with Crippen LogP contribution in [0.5, 0.6) is 0 Å². The highest BCUT2D eigenvalue weighted by molar-refractivity contribution is 6.47. The van der Waals surface area contributed by atoms with E-state index in [1.54, 1.807) is 19.1 Å². The van der Waals surface area contributed by atoms with Gasteiger partial charge in [0.2, 0.25) is 11.2 Å². The first-order valence-electron chi connectivity index (χ1n) is 8.01. The molecule has 2 aromatic rings. The van der Waals surface area contributed by atoms with Crippen molar-refractivity contribution in [2.75, 3.05) is 20.8 Å². The zero-order chi connectivity index (χ0) is 20.8. The molecule has 0 unspecified atom stereocenters. The summed E-state index contributed by atoms with van der Waals surface area (Å²) in [5, 5.41) is 0.0940. The molecule has 0 bridgehead atoms. The Balaban J connectivity index is 2.84.